The molecule has 0 spiro atoms. The number of benzene rings is 1. The zero-order chi connectivity index (χ0) is 13.0. The van der Waals surface area contributed by atoms with E-state index in [1.165, 1.54) is 18.2 Å². The van der Waals surface area contributed by atoms with Gasteiger partial charge in [0.05, 0.1) is 12.3 Å². The van der Waals surface area contributed by atoms with E-state index in [9.17, 15) is 20.1 Å². The van der Waals surface area contributed by atoms with E-state index in [1.54, 1.807) is 6.92 Å². The number of carbonyl (C=O) groups is 1. The molecule has 17 heavy (non-hydrogen) atoms. The van der Waals surface area contributed by atoms with Gasteiger partial charge in [-0.05, 0) is 24.6 Å². The van der Waals surface area contributed by atoms with Gasteiger partial charge in [-0.2, -0.15) is 0 Å². The Kier molecular flexibility index (Phi) is 4.30. The molecule has 1 aromatic carbocycles. The number of hydrogen-bond acceptors (Lipinski definition) is 6. The van der Waals surface area contributed by atoms with Crippen LogP contribution in [0, 0.1) is 0 Å². The minimum absolute atomic E-state index is 0.107. The number of aliphatic hydroxyl groups excluding tert-OH is 2. The summed E-state index contributed by atoms with van der Waals surface area (Å²) in [6, 6.07) is 3.95. The molecule has 0 bridgehead atoms. The molecule has 0 saturated heterocycles. The van der Waals surface area contributed by atoms with Crippen LogP contribution in [0.3, 0.4) is 0 Å². The Morgan fingerprint density at radius 1 is 1.47 bits per heavy atom. The van der Waals surface area contributed by atoms with Crippen molar-refractivity contribution in [2.24, 2.45) is 0 Å². The molecule has 0 aliphatic rings. The standard InChI is InChI=1S/C11H15NO5/c1-2-17-11(16)10(15)9(14)6-3-4-7(12)8(13)5-6/h3-5,9-10,13-15H,2,12H2,1H3. The number of esters is 1. The molecule has 2 unspecified atom stereocenters. The molecule has 6 heteroatoms. The minimum Gasteiger partial charge on any atom is -0.506 e. The first-order valence-corrected chi connectivity index (χ1v) is 5.08. The maximum atomic E-state index is 11.2. The second-order valence-electron chi connectivity index (χ2n) is 3.46. The Bertz CT molecular complexity index is 407. The van der Waals surface area contributed by atoms with Crippen molar-refractivity contribution in [3.8, 4) is 5.75 Å². The van der Waals surface area contributed by atoms with E-state index in [2.05, 4.69) is 4.74 Å². The molecule has 0 amide bonds. The summed E-state index contributed by atoms with van der Waals surface area (Å²) in [7, 11) is 0. The third-order valence-corrected chi connectivity index (χ3v) is 2.22. The molecule has 2 atom stereocenters. The lowest BCUT2D eigenvalue weighted by Crippen LogP contribution is -2.29. The highest BCUT2D eigenvalue weighted by Crippen LogP contribution is 2.26. The topological polar surface area (TPSA) is 113 Å². The van der Waals surface area contributed by atoms with Crippen LogP contribution in [0.15, 0.2) is 18.2 Å². The zero-order valence-corrected chi connectivity index (χ0v) is 9.33. The van der Waals surface area contributed by atoms with E-state index in [1.807, 2.05) is 0 Å². The van der Waals surface area contributed by atoms with Crippen molar-refractivity contribution in [3.05, 3.63) is 23.8 Å². The zero-order valence-electron chi connectivity index (χ0n) is 9.33. The summed E-state index contributed by atoms with van der Waals surface area (Å²) in [5.74, 6) is -1.14. The molecule has 94 valence electrons. The van der Waals surface area contributed by atoms with Crippen LogP contribution in [0.2, 0.25) is 0 Å². The quantitative estimate of drug-likeness (QED) is 0.333. The van der Waals surface area contributed by atoms with Crippen LogP contribution in [0.1, 0.15) is 18.6 Å². The lowest BCUT2D eigenvalue weighted by molar-refractivity contribution is -0.159. The molecule has 0 fully saturated rings. The average molecular weight is 241 g/mol. The maximum absolute atomic E-state index is 11.2. The van der Waals surface area contributed by atoms with Crippen molar-refractivity contribution < 1.29 is 24.9 Å². The van der Waals surface area contributed by atoms with E-state index in [0.717, 1.165) is 0 Å². The first-order valence-electron chi connectivity index (χ1n) is 5.08. The molecule has 5 N–H and O–H groups in total. The molecule has 0 aliphatic heterocycles. The predicted molar refractivity (Wildman–Crippen MR) is 60.1 cm³/mol. The molecular formula is C11H15NO5. The smallest absolute Gasteiger partial charge is 0.338 e. The van der Waals surface area contributed by atoms with E-state index in [-0.39, 0.29) is 23.6 Å². The summed E-state index contributed by atoms with van der Waals surface area (Å²) in [6.07, 6.45) is -3.17. The van der Waals surface area contributed by atoms with E-state index in [0.29, 0.717) is 0 Å². The number of phenols is 1. The number of aromatic hydroxyl groups is 1. The second-order valence-corrected chi connectivity index (χ2v) is 3.46. The first kappa shape index (κ1) is 13.3. The molecule has 0 heterocycles. The van der Waals surface area contributed by atoms with E-state index >= 15 is 0 Å². The summed E-state index contributed by atoms with van der Waals surface area (Å²) in [4.78, 5) is 11.2. The van der Waals surface area contributed by atoms with Gasteiger partial charge in [-0.1, -0.05) is 6.07 Å². The number of aliphatic hydroxyl groups is 2. The van der Waals surface area contributed by atoms with Crippen molar-refractivity contribution in [1.82, 2.24) is 0 Å². The Morgan fingerprint density at radius 3 is 2.65 bits per heavy atom. The molecule has 1 aromatic rings. The van der Waals surface area contributed by atoms with Gasteiger partial charge in [-0.15, -0.1) is 0 Å². The van der Waals surface area contributed by atoms with Gasteiger partial charge in [-0.3, -0.25) is 0 Å². The second kappa shape index (κ2) is 5.51. The largest absolute Gasteiger partial charge is 0.506 e. The maximum Gasteiger partial charge on any atom is 0.338 e. The van der Waals surface area contributed by atoms with Crippen molar-refractivity contribution in [2.75, 3.05) is 12.3 Å². The number of carbonyl (C=O) groups excluding carboxylic acids is 1. The van der Waals surface area contributed by atoms with Crippen LogP contribution < -0.4 is 5.73 Å². The molecular weight excluding hydrogens is 226 g/mol. The van der Waals surface area contributed by atoms with Crippen LogP contribution in [0.25, 0.3) is 0 Å². The van der Waals surface area contributed by atoms with Crippen LogP contribution in [-0.4, -0.2) is 34.0 Å². The fourth-order valence-electron chi connectivity index (χ4n) is 1.28. The monoisotopic (exact) mass is 241 g/mol. The van der Waals surface area contributed by atoms with Gasteiger partial charge < -0.3 is 25.8 Å². The summed E-state index contributed by atoms with van der Waals surface area (Å²) < 4.78 is 4.56. The number of rotatable bonds is 4. The van der Waals surface area contributed by atoms with Gasteiger partial charge in [0.25, 0.3) is 0 Å². The SMILES string of the molecule is CCOC(=O)C(O)C(O)c1ccc(N)c(O)c1. The highest BCUT2D eigenvalue weighted by Gasteiger charge is 2.27. The molecule has 1 rings (SSSR count). The number of ether oxygens (including phenoxy) is 1. The third-order valence-electron chi connectivity index (χ3n) is 2.22. The average Bonchev–Trinajstić information content (AvgIpc) is 2.31. The van der Waals surface area contributed by atoms with Crippen molar-refractivity contribution in [3.63, 3.8) is 0 Å². The summed E-state index contributed by atoms with van der Waals surface area (Å²) in [6.45, 7) is 1.70. The van der Waals surface area contributed by atoms with Crippen LogP contribution in [-0.2, 0) is 9.53 Å². The number of nitrogen functional groups attached to an aromatic ring is 1. The van der Waals surface area contributed by atoms with Gasteiger partial charge in [-0.25, -0.2) is 4.79 Å². The van der Waals surface area contributed by atoms with Gasteiger partial charge in [0.1, 0.15) is 11.9 Å². The molecule has 6 nitrogen and oxygen atoms in total. The molecule has 0 aliphatic carbocycles. The highest BCUT2D eigenvalue weighted by molar-refractivity contribution is 5.75. The summed E-state index contributed by atoms with van der Waals surface area (Å²) >= 11 is 0. The fraction of sp³-hybridized carbons (Fsp3) is 0.364. The number of phenolic OH excluding ortho intramolecular Hbond substituents is 1. The number of hydrogen-bond donors (Lipinski definition) is 4. The summed E-state index contributed by atoms with van der Waals surface area (Å²) in [5, 5.41) is 28.5. The molecule has 0 radical (unpaired) electrons. The Labute approximate surface area is 98.3 Å². The van der Waals surface area contributed by atoms with Crippen LogP contribution in [0.4, 0.5) is 5.69 Å². The van der Waals surface area contributed by atoms with Gasteiger partial charge >= 0.3 is 5.97 Å². The van der Waals surface area contributed by atoms with Crippen molar-refractivity contribution in [1.29, 1.82) is 0 Å². The van der Waals surface area contributed by atoms with E-state index in [4.69, 9.17) is 5.73 Å². The normalized spacial score (nSPS) is 14.1. The number of nitrogens with two attached hydrogens (primary N) is 1. The van der Waals surface area contributed by atoms with Gasteiger partial charge in [0.2, 0.25) is 0 Å². The van der Waals surface area contributed by atoms with Crippen LogP contribution >= 0.6 is 0 Å². The Morgan fingerprint density at radius 2 is 2.12 bits per heavy atom. The fourth-order valence-corrected chi connectivity index (χ4v) is 1.28. The highest BCUT2D eigenvalue weighted by atomic mass is 16.5. The van der Waals surface area contributed by atoms with Crippen LogP contribution in [0.5, 0.6) is 5.75 Å². The lowest BCUT2D eigenvalue weighted by Gasteiger charge is -2.17. The lowest BCUT2D eigenvalue weighted by atomic mass is 10.0. The van der Waals surface area contributed by atoms with Gasteiger partial charge in [0, 0.05) is 0 Å². The molecule has 0 saturated carbocycles. The summed E-state index contributed by atoms with van der Waals surface area (Å²) in [5.41, 5.74) is 5.71. The first-order chi connectivity index (χ1) is 7.97. The Balaban J connectivity index is 2.84. The third kappa shape index (κ3) is 3.08. The predicted octanol–water partition coefficient (Wildman–Crippen LogP) is -0.0682. The molecule has 0 aromatic heterocycles. The van der Waals surface area contributed by atoms with Gasteiger partial charge in [0.15, 0.2) is 6.10 Å². The van der Waals surface area contributed by atoms with Crippen molar-refractivity contribution >= 4 is 11.7 Å². The number of anilines is 1. The Hall–Kier alpha value is -1.79. The van der Waals surface area contributed by atoms with Crippen molar-refractivity contribution in [2.45, 2.75) is 19.1 Å². The minimum atomic E-state index is -1.70. The van der Waals surface area contributed by atoms with E-state index < -0.39 is 18.2 Å².